The van der Waals surface area contributed by atoms with Crippen LogP contribution in [0.5, 0.6) is 0 Å². The topological polar surface area (TPSA) is 113 Å². The smallest absolute Gasteiger partial charge is 0.407 e. The Kier molecular flexibility index (Phi) is 6.07. The first kappa shape index (κ1) is 22.9. The molecule has 0 aliphatic carbocycles. The number of aliphatic hydroxyl groups excluding tert-OH is 1. The Hall–Kier alpha value is -1.42. The number of ether oxygens (including phenoxy) is 5. The van der Waals surface area contributed by atoms with E-state index in [1.165, 1.54) is 0 Å². The molecule has 0 aromatic carbocycles. The molecule has 0 radical (unpaired) electrons. The van der Waals surface area contributed by atoms with Crippen molar-refractivity contribution in [3.63, 3.8) is 0 Å². The van der Waals surface area contributed by atoms with Gasteiger partial charge in [-0.15, -0.1) is 0 Å². The lowest BCUT2D eigenvalue weighted by molar-refractivity contribution is -0.254. The molecule has 28 heavy (non-hydrogen) atoms. The zero-order chi connectivity index (χ0) is 21.5. The van der Waals surface area contributed by atoms with Crippen molar-refractivity contribution in [2.24, 2.45) is 5.41 Å². The van der Waals surface area contributed by atoms with Crippen molar-refractivity contribution in [2.75, 3.05) is 13.2 Å². The number of carbonyl (C=O) groups is 2. The van der Waals surface area contributed by atoms with E-state index in [4.69, 9.17) is 23.7 Å². The number of aliphatic hydroxyl groups is 1. The van der Waals surface area contributed by atoms with E-state index in [1.54, 1.807) is 55.4 Å². The highest BCUT2D eigenvalue weighted by atomic mass is 16.8. The summed E-state index contributed by atoms with van der Waals surface area (Å²) >= 11 is 0. The molecule has 2 heterocycles. The van der Waals surface area contributed by atoms with Crippen molar-refractivity contribution in [1.82, 2.24) is 5.32 Å². The number of fused-ring (bicyclic) bond motifs is 1. The summed E-state index contributed by atoms with van der Waals surface area (Å²) in [6, 6.07) is 0. The fourth-order valence-electron chi connectivity index (χ4n) is 3.11. The summed E-state index contributed by atoms with van der Waals surface area (Å²) in [5.41, 5.74) is -2.73. The highest BCUT2D eigenvalue weighted by Gasteiger charge is 2.66. The molecule has 0 aromatic rings. The second kappa shape index (κ2) is 7.44. The monoisotopic (exact) mass is 403 g/mol. The number of esters is 1. The van der Waals surface area contributed by atoms with Crippen molar-refractivity contribution in [3.8, 4) is 0 Å². The van der Waals surface area contributed by atoms with Crippen LogP contribution in [0.1, 0.15) is 55.4 Å². The molecule has 9 nitrogen and oxygen atoms in total. The average Bonchev–Trinajstić information content (AvgIpc) is 2.90. The van der Waals surface area contributed by atoms with Crippen LogP contribution in [0.3, 0.4) is 0 Å². The van der Waals surface area contributed by atoms with E-state index in [0.717, 1.165) is 0 Å². The minimum Gasteiger partial charge on any atom is -0.462 e. The van der Waals surface area contributed by atoms with Gasteiger partial charge in [-0.25, -0.2) is 4.79 Å². The first-order valence-corrected chi connectivity index (χ1v) is 9.41. The third kappa shape index (κ3) is 5.14. The summed E-state index contributed by atoms with van der Waals surface area (Å²) in [5.74, 6) is -1.45. The van der Waals surface area contributed by atoms with Gasteiger partial charge in [0, 0.05) is 6.54 Å². The van der Waals surface area contributed by atoms with Crippen molar-refractivity contribution >= 4 is 12.1 Å². The molecule has 2 N–H and O–H groups in total. The molecule has 162 valence electrons. The van der Waals surface area contributed by atoms with Gasteiger partial charge in [-0.2, -0.15) is 0 Å². The van der Waals surface area contributed by atoms with Gasteiger partial charge in [-0.1, -0.05) is 0 Å². The summed E-state index contributed by atoms with van der Waals surface area (Å²) < 4.78 is 28.0. The molecule has 0 bridgehead atoms. The maximum Gasteiger partial charge on any atom is 0.407 e. The van der Waals surface area contributed by atoms with E-state index in [1.807, 2.05) is 0 Å². The van der Waals surface area contributed by atoms with Gasteiger partial charge >= 0.3 is 12.1 Å². The highest BCUT2D eigenvalue weighted by Crippen LogP contribution is 2.46. The number of hydrogen-bond donors (Lipinski definition) is 2. The van der Waals surface area contributed by atoms with Crippen molar-refractivity contribution in [3.05, 3.63) is 0 Å². The van der Waals surface area contributed by atoms with Gasteiger partial charge in [0.05, 0.1) is 5.41 Å². The third-order valence-corrected chi connectivity index (χ3v) is 4.28. The summed E-state index contributed by atoms with van der Waals surface area (Å²) in [4.78, 5) is 24.1. The molecule has 0 aromatic heterocycles. The Morgan fingerprint density at radius 1 is 1.14 bits per heavy atom. The lowest BCUT2D eigenvalue weighted by atomic mass is 9.95. The average molecular weight is 403 g/mol. The SMILES string of the molecule is CC(C)(C)OC(=O)NC[C@H]1OC(O)[C@]2(COC(=O)C(C)(C)C)OC(C)(C)O[C@H]12. The molecular formula is C19H33NO8. The van der Waals surface area contributed by atoms with Crippen molar-refractivity contribution in [1.29, 1.82) is 0 Å². The highest BCUT2D eigenvalue weighted by molar-refractivity contribution is 5.75. The molecule has 0 spiro atoms. The fraction of sp³-hybridized carbons (Fsp3) is 0.895. The molecule has 2 rings (SSSR count). The minimum absolute atomic E-state index is 0.0328. The Balaban J connectivity index is 2.10. The molecular weight excluding hydrogens is 370 g/mol. The molecule has 2 saturated heterocycles. The van der Waals surface area contributed by atoms with Gasteiger partial charge in [0.1, 0.15) is 24.4 Å². The number of carbonyl (C=O) groups excluding carboxylic acids is 2. The van der Waals surface area contributed by atoms with Gasteiger partial charge < -0.3 is 34.1 Å². The molecule has 0 saturated carbocycles. The van der Waals surface area contributed by atoms with Gasteiger partial charge in [0.15, 0.2) is 17.7 Å². The van der Waals surface area contributed by atoms with E-state index in [9.17, 15) is 14.7 Å². The standard InChI is InChI=1S/C19H33NO8/c1-16(2,3)13(21)24-10-19-12(26-18(7,8)28-19)11(25-14(19)22)9-20-15(23)27-17(4,5)6/h11-12,14,22H,9-10H2,1-8H3,(H,20,23)/t11-,12-,14?,19-/m1/s1. The third-order valence-electron chi connectivity index (χ3n) is 4.28. The van der Waals surface area contributed by atoms with E-state index < -0.39 is 53.0 Å². The van der Waals surface area contributed by atoms with Crippen LogP contribution < -0.4 is 5.32 Å². The fourth-order valence-corrected chi connectivity index (χ4v) is 3.11. The van der Waals surface area contributed by atoms with E-state index in [0.29, 0.717) is 0 Å². The molecule has 2 fully saturated rings. The number of nitrogens with one attached hydrogen (secondary N) is 1. The normalized spacial score (nSPS) is 32.0. The predicted octanol–water partition coefficient (Wildman–Crippen LogP) is 1.71. The number of rotatable bonds is 4. The summed E-state index contributed by atoms with van der Waals surface area (Å²) in [6.45, 7) is 13.7. The molecule has 1 amide bonds. The van der Waals surface area contributed by atoms with Gasteiger partial charge in [0.25, 0.3) is 0 Å². The largest absolute Gasteiger partial charge is 0.462 e. The van der Waals surface area contributed by atoms with Crippen LogP contribution in [-0.2, 0) is 28.5 Å². The van der Waals surface area contributed by atoms with Crippen molar-refractivity contribution < 1.29 is 38.4 Å². The van der Waals surface area contributed by atoms with Gasteiger partial charge in [-0.05, 0) is 55.4 Å². The van der Waals surface area contributed by atoms with Gasteiger partial charge in [0.2, 0.25) is 0 Å². The second-order valence-electron chi connectivity index (χ2n) is 9.73. The summed E-state index contributed by atoms with van der Waals surface area (Å²) in [7, 11) is 0. The van der Waals surface area contributed by atoms with Crippen LogP contribution >= 0.6 is 0 Å². The second-order valence-corrected chi connectivity index (χ2v) is 9.73. The van der Waals surface area contributed by atoms with Crippen LogP contribution in [0.2, 0.25) is 0 Å². The Morgan fingerprint density at radius 2 is 1.75 bits per heavy atom. The number of amides is 1. The van der Waals surface area contributed by atoms with Crippen LogP contribution in [-0.4, -0.2) is 65.8 Å². The minimum atomic E-state index is -1.39. The quantitative estimate of drug-likeness (QED) is 0.682. The first-order valence-electron chi connectivity index (χ1n) is 9.41. The van der Waals surface area contributed by atoms with Crippen LogP contribution in [0.4, 0.5) is 4.79 Å². The first-order chi connectivity index (χ1) is 12.6. The molecule has 9 heteroatoms. The predicted molar refractivity (Wildman–Crippen MR) is 98.3 cm³/mol. The van der Waals surface area contributed by atoms with E-state index in [-0.39, 0.29) is 13.2 Å². The van der Waals surface area contributed by atoms with E-state index in [2.05, 4.69) is 5.32 Å². The zero-order valence-corrected chi connectivity index (χ0v) is 18.0. The van der Waals surface area contributed by atoms with Crippen LogP contribution in [0.25, 0.3) is 0 Å². The Bertz CT molecular complexity index is 606. The Labute approximate surface area is 166 Å². The van der Waals surface area contributed by atoms with Crippen LogP contribution in [0.15, 0.2) is 0 Å². The lowest BCUT2D eigenvalue weighted by Crippen LogP contribution is -2.52. The molecule has 2 aliphatic heterocycles. The summed E-state index contributed by atoms with van der Waals surface area (Å²) in [6.07, 6.45) is -3.46. The van der Waals surface area contributed by atoms with E-state index >= 15 is 0 Å². The van der Waals surface area contributed by atoms with Gasteiger partial charge in [-0.3, -0.25) is 4.79 Å². The molecule has 4 atom stereocenters. The number of alkyl carbamates (subject to hydrolysis) is 1. The lowest BCUT2D eigenvalue weighted by Gasteiger charge is -2.30. The van der Waals surface area contributed by atoms with Crippen LogP contribution in [0, 0.1) is 5.41 Å². The maximum absolute atomic E-state index is 12.2. The number of hydrogen-bond acceptors (Lipinski definition) is 8. The van der Waals surface area contributed by atoms with Crippen molar-refractivity contribution in [2.45, 2.75) is 90.9 Å². The Morgan fingerprint density at radius 3 is 2.29 bits per heavy atom. The maximum atomic E-state index is 12.2. The zero-order valence-electron chi connectivity index (χ0n) is 18.0. The molecule has 2 aliphatic rings. The molecule has 1 unspecified atom stereocenters. The summed E-state index contributed by atoms with van der Waals surface area (Å²) in [5, 5.41) is 13.2.